The summed E-state index contributed by atoms with van der Waals surface area (Å²) in [6.07, 6.45) is 1.74. The summed E-state index contributed by atoms with van der Waals surface area (Å²) in [5.74, 6) is 0. The smallest absolute Gasteiger partial charge is 0.243 e. The van der Waals surface area contributed by atoms with E-state index in [-0.39, 0.29) is 6.04 Å². The molecule has 0 N–H and O–H groups in total. The lowest BCUT2D eigenvalue weighted by molar-refractivity contribution is 0.179. The van der Waals surface area contributed by atoms with Crippen molar-refractivity contribution in [2.45, 2.75) is 37.2 Å². The van der Waals surface area contributed by atoms with Crippen LogP contribution in [-0.4, -0.2) is 43.8 Å². The van der Waals surface area contributed by atoms with E-state index in [9.17, 15) is 8.42 Å². The van der Waals surface area contributed by atoms with Gasteiger partial charge in [-0.05, 0) is 57.6 Å². The monoisotopic (exact) mass is 358 g/mol. The molecule has 1 saturated heterocycles. The van der Waals surface area contributed by atoms with E-state index < -0.39 is 10.0 Å². The van der Waals surface area contributed by atoms with Gasteiger partial charge in [0.2, 0.25) is 10.0 Å². The first kappa shape index (κ1) is 18.1. The van der Waals surface area contributed by atoms with Gasteiger partial charge in [0.1, 0.15) is 0 Å². The highest BCUT2D eigenvalue weighted by molar-refractivity contribution is 7.89. The van der Waals surface area contributed by atoms with Crippen LogP contribution in [0.5, 0.6) is 0 Å². The molecule has 3 rings (SSSR count). The molecule has 1 aliphatic rings. The number of hydrogen-bond donors (Lipinski definition) is 0. The van der Waals surface area contributed by atoms with E-state index in [1.165, 1.54) is 0 Å². The van der Waals surface area contributed by atoms with Gasteiger partial charge in [-0.3, -0.25) is 0 Å². The molecule has 0 saturated carbocycles. The molecule has 134 valence electrons. The summed E-state index contributed by atoms with van der Waals surface area (Å²) in [7, 11) is -1.43. The predicted molar refractivity (Wildman–Crippen MR) is 101 cm³/mol. The first-order valence-electron chi connectivity index (χ1n) is 8.78. The molecule has 0 amide bonds. The maximum absolute atomic E-state index is 13.3. The van der Waals surface area contributed by atoms with Crippen molar-refractivity contribution in [2.75, 3.05) is 20.1 Å². The quantitative estimate of drug-likeness (QED) is 0.824. The van der Waals surface area contributed by atoms with Gasteiger partial charge in [0.15, 0.2) is 0 Å². The number of sulfonamides is 1. The molecular weight excluding hydrogens is 332 g/mol. The molecule has 2 aromatic carbocycles. The summed E-state index contributed by atoms with van der Waals surface area (Å²) in [5, 5.41) is 0. The molecule has 1 heterocycles. The van der Waals surface area contributed by atoms with E-state index in [0.29, 0.717) is 11.4 Å². The molecule has 2 aromatic rings. The molecule has 0 bridgehead atoms. The van der Waals surface area contributed by atoms with E-state index >= 15 is 0 Å². The third-order valence-corrected chi connectivity index (χ3v) is 6.82. The normalized spacial score (nSPS) is 17.1. The molecular formula is C20H26N2O2S. The van der Waals surface area contributed by atoms with Crippen molar-refractivity contribution in [1.82, 2.24) is 9.21 Å². The van der Waals surface area contributed by atoms with Crippen molar-refractivity contribution in [2.24, 2.45) is 0 Å². The fraction of sp³-hybridized carbons (Fsp3) is 0.400. The minimum Gasteiger partial charge on any atom is -0.306 e. The Hall–Kier alpha value is -1.69. The van der Waals surface area contributed by atoms with Gasteiger partial charge in [-0.15, -0.1) is 0 Å². The van der Waals surface area contributed by atoms with Gasteiger partial charge >= 0.3 is 0 Å². The Morgan fingerprint density at radius 3 is 2.20 bits per heavy atom. The van der Waals surface area contributed by atoms with Crippen molar-refractivity contribution in [1.29, 1.82) is 0 Å². The summed E-state index contributed by atoms with van der Waals surface area (Å²) in [4.78, 5) is 2.64. The third-order valence-electron chi connectivity index (χ3n) is 4.90. The molecule has 0 unspecified atom stereocenters. The van der Waals surface area contributed by atoms with Gasteiger partial charge in [-0.2, -0.15) is 4.31 Å². The van der Waals surface area contributed by atoms with Crippen LogP contribution in [0.25, 0.3) is 0 Å². The lowest BCUT2D eigenvalue weighted by Crippen LogP contribution is -2.46. The standard InChI is InChI=1S/C20H26N2O2S/c1-17-8-10-20(11-9-17)25(23,24)22(16-18-6-4-3-5-7-18)19-12-14-21(2)15-13-19/h3-11,19H,12-16H2,1-2H3. The lowest BCUT2D eigenvalue weighted by Gasteiger charge is -2.36. The number of hydrogen-bond acceptors (Lipinski definition) is 3. The summed E-state index contributed by atoms with van der Waals surface area (Å²) in [6, 6.07) is 17.1. The maximum atomic E-state index is 13.3. The zero-order chi connectivity index (χ0) is 17.9. The maximum Gasteiger partial charge on any atom is 0.243 e. The van der Waals surface area contributed by atoms with Crippen LogP contribution in [0.4, 0.5) is 0 Å². The SMILES string of the molecule is Cc1ccc(S(=O)(=O)N(Cc2ccccc2)C2CCN(C)CC2)cc1. The van der Waals surface area contributed by atoms with Gasteiger partial charge < -0.3 is 4.90 Å². The molecule has 1 aliphatic heterocycles. The van der Waals surface area contributed by atoms with Crippen LogP contribution >= 0.6 is 0 Å². The van der Waals surface area contributed by atoms with Crippen LogP contribution in [0.3, 0.4) is 0 Å². The molecule has 0 aliphatic carbocycles. The van der Waals surface area contributed by atoms with E-state index in [1.807, 2.05) is 49.4 Å². The number of benzene rings is 2. The molecule has 4 nitrogen and oxygen atoms in total. The van der Waals surface area contributed by atoms with Crippen molar-refractivity contribution < 1.29 is 8.42 Å². The Kier molecular flexibility index (Phi) is 5.57. The van der Waals surface area contributed by atoms with Crippen LogP contribution in [0.1, 0.15) is 24.0 Å². The molecule has 25 heavy (non-hydrogen) atoms. The number of nitrogens with zero attached hydrogens (tertiary/aromatic N) is 2. The highest BCUT2D eigenvalue weighted by Crippen LogP contribution is 2.26. The predicted octanol–water partition coefficient (Wildman–Crippen LogP) is 3.28. The average molecular weight is 359 g/mol. The van der Waals surface area contributed by atoms with Crippen LogP contribution in [-0.2, 0) is 16.6 Å². The number of aryl methyl sites for hydroxylation is 1. The molecule has 1 fully saturated rings. The lowest BCUT2D eigenvalue weighted by atomic mass is 10.1. The zero-order valence-electron chi connectivity index (χ0n) is 14.9. The van der Waals surface area contributed by atoms with Gasteiger partial charge in [-0.25, -0.2) is 8.42 Å². The third kappa shape index (κ3) is 4.29. The first-order chi connectivity index (χ1) is 12.0. The van der Waals surface area contributed by atoms with Crippen LogP contribution in [0.2, 0.25) is 0 Å². The Balaban J connectivity index is 1.93. The van der Waals surface area contributed by atoms with Crippen LogP contribution in [0, 0.1) is 6.92 Å². The summed E-state index contributed by atoms with van der Waals surface area (Å²) in [5.41, 5.74) is 2.09. The fourth-order valence-electron chi connectivity index (χ4n) is 3.30. The Morgan fingerprint density at radius 2 is 1.60 bits per heavy atom. The number of rotatable bonds is 5. The fourth-order valence-corrected chi connectivity index (χ4v) is 4.98. The number of piperidine rings is 1. The number of likely N-dealkylation sites (tertiary alicyclic amines) is 1. The van der Waals surface area contributed by atoms with Gasteiger partial charge in [0.25, 0.3) is 0 Å². The van der Waals surface area contributed by atoms with Gasteiger partial charge in [0, 0.05) is 12.6 Å². The molecule has 5 heteroatoms. The van der Waals surface area contributed by atoms with Crippen molar-refractivity contribution in [3.63, 3.8) is 0 Å². The minimum absolute atomic E-state index is 0.0442. The van der Waals surface area contributed by atoms with Crippen molar-refractivity contribution >= 4 is 10.0 Å². The van der Waals surface area contributed by atoms with E-state index in [4.69, 9.17) is 0 Å². The first-order valence-corrected chi connectivity index (χ1v) is 10.2. The van der Waals surface area contributed by atoms with E-state index in [0.717, 1.165) is 37.1 Å². The second-order valence-electron chi connectivity index (χ2n) is 6.88. The highest BCUT2D eigenvalue weighted by atomic mass is 32.2. The zero-order valence-corrected chi connectivity index (χ0v) is 15.7. The van der Waals surface area contributed by atoms with E-state index in [1.54, 1.807) is 16.4 Å². The minimum atomic E-state index is -3.52. The van der Waals surface area contributed by atoms with Gasteiger partial charge in [0.05, 0.1) is 4.90 Å². The molecule has 0 aromatic heterocycles. The molecule has 0 radical (unpaired) electrons. The molecule has 0 spiro atoms. The van der Waals surface area contributed by atoms with Crippen LogP contribution < -0.4 is 0 Å². The molecule has 0 atom stereocenters. The summed E-state index contributed by atoms with van der Waals surface area (Å²) < 4.78 is 28.4. The van der Waals surface area contributed by atoms with E-state index in [2.05, 4.69) is 11.9 Å². The van der Waals surface area contributed by atoms with Crippen LogP contribution in [0.15, 0.2) is 59.5 Å². The highest BCUT2D eigenvalue weighted by Gasteiger charge is 2.33. The van der Waals surface area contributed by atoms with Gasteiger partial charge in [-0.1, -0.05) is 48.0 Å². The Morgan fingerprint density at radius 1 is 1.00 bits per heavy atom. The van der Waals surface area contributed by atoms with Crippen molar-refractivity contribution in [3.05, 3.63) is 65.7 Å². The Bertz CT molecular complexity index is 780. The largest absolute Gasteiger partial charge is 0.306 e. The topological polar surface area (TPSA) is 40.6 Å². The second kappa shape index (κ2) is 7.68. The second-order valence-corrected chi connectivity index (χ2v) is 8.77. The average Bonchev–Trinajstić information content (AvgIpc) is 2.62. The van der Waals surface area contributed by atoms with Crippen molar-refractivity contribution in [3.8, 4) is 0 Å². The summed E-state index contributed by atoms with van der Waals surface area (Å²) >= 11 is 0. The Labute approximate surface area is 151 Å². The summed E-state index contributed by atoms with van der Waals surface area (Å²) in [6.45, 7) is 4.25.